The third-order valence-corrected chi connectivity index (χ3v) is 2.66. The predicted molar refractivity (Wildman–Crippen MR) is 50.1 cm³/mol. The van der Waals surface area contributed by atoms with E-state index in [-0.39, 0.29) is 0 Å². The van der Waals surface area contributed by atoms with Crippen LogP contribution in [0.3, 0.4) is 0 Å². The van der Waals surface area contributed by atoms with Gasteiger partial charge >= 0.3 is 0 Å². The van der Waals surface area contributed by atoms with Crippen molar-refractivity contribution < 1.29 is 4.74 Å². The van der Waals surface area contributed by atoms with Gasteiger partial charge in [-0.15, -0.1) is 0 Å². The molecule has 1 rings (SSSR count). The van der Waals surface area contributed by atoms with E-state index in [4.69, 9.17) is 10.5 Å². The van der Waals surface area contributed by atoms with Gasteiger partial charge in [0.25, 0.3) is 0 Å². The zero-order valence-electron chi connectivity index (χ0n) is 7.88. The SMILES string of the molecule is COC(CCN)C1CCNCC1. The molecule has 0 spiro atoms. The van der Waals surface area contributed by atoms with Crippen LogP contribution < -0.4 is 11.1 Å². The average molecular weight is 172 g/mol. The van der Waals surface area contributed by atoms with Gasteiger partial charge in [0.1, 0.15) is 0 Å². The van der Waals surface area contributed by atoms with E-state index in [0.717, 1.165) is 32.0 Å². The molecule has 3 heteroatoms. The molecule has 1 aliphatic heterocycles. The molecule has 12 heavy (non-hydrogen) atoms. The molecule has 1 saturated heterocycles. The minimum absolute atomic E-state index is 0.386. The average Bonchev–Trinajstić information content (AvgIpc) is 2.15. The third-order valence-electron chi connectivity index (χ3n) is 2.66. The van der Waals surface area contributed by atoms with Crippen LogP contribution in [0.5, 0.6) is 0 Å². The summed E-state index contributed by atoms with van der Waals surface area (Å²) in [5, 5.41) is 3.35. The maximum Gasteiger partial charge on any atom is 0.0612 e. The number of ether oxygens (including phenoxy) is 1. The zero-order valence-corrected chi connectivity index (χ0v) is 7.88. The number of methoxy groups -OCH3 is 1. The largest absolute Gasteiger partial charge is 0.381 e. The minimum atomic E-state index is 0.386. The van der Waals surface area contributed by atoms with Crippen LogP contribution in [0.25, 0.3) is 0 Å². The Bertz CT molecular complexity index is 110. The molecule has 0 bridgehead atoms. The van der Waals surface area contributed by atoms with E-state index in [1.165, 1.54) is 12.8 Å². The van der Waals surface area contributed by atoms with Gasteiger partial charge in [0.05, 0.1) is 6.10 Å². The summed E-state index contributed by atoms with van der Waals surface area (Å²) in [6.45, 7) is 3.01. The van der Waals surface area contributed by atoms with Gasteiger partial charge in [-0.1, -0.05) is 0 Å². The Kier molecular flexibility index (Phi) is 4.58. The summed E-state index contributed by atoms with van der Waals surface area (Å²) >= 11 is 0. The number of hydrogen-bond acceptors (Lipinski definition) is 3. The molecule has 0 radical (unpaired) electrons. The first-order valence-corrected chi connectivity index (χ1v) is 4.82. The van der Waals surface area contributed by atoms with Crippen molar-refractivity contribution in [3.8, 4) is 0 Å². The molecule has 1 atom stereocenters. The molecule has 3 nitrogen and oxygen atoms in total. The molecule has 1 heterocycles. The van der Waals surface area contributed by atoms with Gasteiger partial charge in [-0.3, -0.25) is 0 Å². The lowest BCUT2D eigenvalue weighted by Crippen LogP contribution is -2.35. The summed E-state index contributed by atoms with van der Waals surface area (Å²) in [5.74, 6) is 0.722. The van der Waals surface area contributed by atoms with E-state index in [1.807, 2.05) is 0 Å². The number of hydrogen-bond donors (Lipinski definition) is 2. The summed E-state index contributed by atoms with van der Waals surface area (Å²) in [7, 11) is 1.79. The monoisotopic (exact) mass is 172 g/mol. The van der Waals surface area contributed by atoms with E-state index in [9.17, 15) is 0 Å². The van der Waals surface area contributed by atoms with E-state index in [2.05, 4.69) is 5.32 Å². The summed E-state index contributed by atoms with van der Waals surface area (Å²) < 4.78 is 5.42. The quantitative estimate of drug-likeness (QED) is 0.643. The van der Waals surface area contributed by atoms with Gasteiger partial charge < -0.3 is 15.8 Å². The Morgan fingerprint density at radius 1 is 1.50 bits per heavy atom. The smallest absolute Gasteiger partial charge is 0.0612 e. The summed E-state index contributed by atoms with van der Waals surface area (Å²) in [5.41, 5.74) is 5.52. The van der Waals surface area contributed by atoms with Crippen molar-refractivity contribution in [3.63, 3.8) is 0 Å². The maximum absolute atomic E-state index is 5.52. The number of rotatable bonds is 4. The number of piperidine rings is 1. The van der Waals surface area contributed by atoms with Crippen molar-refractivity contribution in [2.75, 3.05) is 26.7 Å². The van der Waals surface area contributed by atoms with Gasteiger partial charge in [-0.2, -0.15) is 0 Å². The van der Waals surface area contributed by atoms with Crippen LogP contribution in [0.2, 0.25) is 0 Å². The van der Waals surface area contributed by atoms with Crippen LogP contribution in [0, 0.1) is 5.92 Å². The van der Waals surface area contributed by atoms with Crippen molar-refractivity contribution in [2.24, 2.45) is 11.7 Å². The Labute approximate surface area is 74.7 Å². The van der Waals surface area contributed by atoms with Gasteiger partial charge in [-0.25, -0.2) is 0 Å². The summed E-state index contributed by atoms with van der Waals surface area (Å²) in [4.78, 5) is 0. The van der Waals surface area contributed by atoms with Crippen LogP contribution in [0.1, 0.15) is 19.3 Å². The molecule has 1 unspecified atom stereocenters. The van der Waals surface area contributed by atoms with E-state index in [1.54, 1.807) is 7.11 Å². The molecule has 1 aliphatic rings. The predicted octanol–water partition coefficient (Wildman–Crippen LogP) is 0.350. The van der Waals surface area contributed by atoms with Crippen LogP contribution in [-0.2, 0) is 4.74 Å². The first-order chi connectivity index (χ1) is 5.88. The van der Waals surface area contributed by atoms with Crippen molar-refractivity contribution in [2.45, 2.75) is 25.4 Å². The lowest BCUT2D eigenvalue weighted by molar-refractivity contribution is 0.0350. The highest BCUT2D eigenvalue weighted by Gasteiger charge is 2.22. The van der Waals surface area contributed by atoms with Crippen LogP contribution in [-0.4, -0.2) is 32.8 Å². The minimum Gasteiger partial charge on any atom is -0.381 e. The molecule has 1 fully saturated rings. The van der Waals surface area contributed by atoms with E-state index >= 15 is 0 Å². The fraction of sp³-hybridized carbons (Fsp3) is 1.00. The molecule has 0 amide bonds. The molecule has 0 aromatic carbocycles. The Balaban J connectivity index is 2.29. The topological polar surface area (TPSA) is 47.3 Å². The highest BCUT2D eigenvalue weighted by Crippen LogP contribution is 2.20. The first-order valence-electron chi connectivity index (χ1n) is 4.82. The molecule has 0 aliphatic carbocycles. The fourth-order valence-corrected chi connectivity index (χ4v) is 1.93. The Hall–Kier alpha value is -0.120. The van der Waals surface area contributed by atoms with Gasteiger partial charge in [-0.05, 0) is 44.8 Å². The third kappa shape index (κ3) is 2.73. The van der Waals surface area contributed by atoms with Crippen molar-refractivity contribution in [1.82, 2.24) is 5.32 Å². The standard InChI is InChI=1S/C9H20N2O/c1-12-9(2-5-10)8-3-6-11-7-4-8/h8-9,11H,2-7,10H2,1H3. The second-order valence-corrected chi connectivity index (χ2v) is 3.44. The molecular formula is C9H20N2O. The first kappa shape index (κ1) is 9.96. The number of nitrogens with one attached hydrogen (secondary N) is 1. The normalized spacial score (nSPS) is 22.5. The fourth-order valence-electron chi connectivity index (χ4n) is 1.93. The Morgan fingerprint density at radius 3 is 2.67 bits per heavy atom. The second-order valence-electron chi connectivity index (χ2n) is 3.44. The second kappa shape index (κ2) is 5.51. The summed E-state index contributed by atoms with van der Waals surface area (Å²) in [6.07, 6.45) is 3.86. The molecular weight excluding hydrogens is 152 g/mol. The summed E-state index contributed by atoms with van der Waals surface area (Å²) in [6, 6.07) is 0. The highest BCUT2D eigenvalue weighted by molar-refractivity contribution is 4.76. The Morgan fingerprint density at radius 2 is 2.17 bits per heavy atom. The van der Waals surface area contributed by atoms with E-state index < -0.39 is 0 Å². The molecule has 3 N–H and O–H groups in total. The number of nitrogens with two attached hydrogens (primary N) is 1. The molecule has 72 valence electrons. The van der Waals surface area contributed by atoms with Crippen molar-refractivity contribution in [1.29, 1.82) is 0 Å². The van der Waals surface area contributed by atoms with Crippen LogP contribution in [0.15, 0.2) is 0 Å². The van der Waals surface area contributed by atoms with E-state index in [0.29, 0.717) is 6.10 Å². The van der Waals surface area contributed by atoms with Crippen molar-refractivity contribution in [3.05, 3.63) is 0 Å². The highest BCUT2D eigenvalue weighted by atomic mass is 16.5. The van der Waals surface area contributed by atoms with Crippen LogP contribution >= 0.6 is 0 Å². The lowest BCUT2D eigenvalue weighted by atomic mass is 9.90. The molecule has 0 aromatic heterocycles. The van der Waals surface area contributed by atoms with Gasteiger partial charge in [0.2, 0.25) is 0 Å². The molecule has 0 aromatic rings. The van der Waals surface area contributed by atoms with Crippen molar-refractivity contribution >= 4 is 0 Å². The lowest BCUT2D eigenvalue weighted by Gasteiger charge is -2.29. The van der Waals surface area contributed by atoms with Crippen LogP contribution in [0.4, 0.5) is 0 Å². The zero-order chi connectivity index (χ0) is 8.81. The van der Waals surface area contributed by atoms with Gasteiger partial charge in [0.15, 0.2) is 0 Å². The molecule has 0 saturated carbocycles. The van der Waals surface area contributed by atoms with Gasteiger partial charge in [0, 0.05) is 7.11 Å². The maximum atomic E-state index is 5.52.